The molecule has 1 atom stereocenters. The van der Waals surface area contributed by atoms with Crippen LogP contribution < -0.4 is 5.73 Å². The Balaban J connectivity index is 2.23. The van der Waals surface area contributed by atoms with Crippen LogP contribution in [-0.4, -0.2) is 17.6 Å². The van der Waals surface area contributed by atoms with Gasteiger partial charge in [0.2, 0.25) is 0 Å². The van der Waals surface area contributed by atoms with Crippen LogP contribution in [0.5, 0.6) is 0 Å². The summed E-state index contributed by atoms with van der Waals surface area (Å²) in [6.45, 7) is 2.48. The second-order valence-corrected chi connectivity index (χ2v) is 4.12. The molecule has 1 fully saturated rings. The highest BCUT2D eigenvalue weighted by Gasteiger charge is 2.37. The van der Waals surface area contributed by atoms with Crippen molar-refractivity contribution in [2.45, 2.75) is 32.6 Å². The molecular weight excluding hydrogens is 154 g/mol. The summed E-state index contributed by atoms with van der Waals surface area (Å²) in [6, 6.07) is 0. The number of nitrogens with two attached hydrogens (primary N) is 1. The lowest BCUT2D eigenvalue weighted by molar-refractivity contribution is -0.141. The van der Waals surface area contributed by atoms with Gasteiger partial charge in [0.15, 0.2) is 0 Å². The third-order valence-corrected chi connectivity index (χ3v) is 2.83. The lowest BCUT2D eigenvalue weighted by Gasteiger charge is -2.12. The number of hydrogen-bond donors (Lipinski definition) is 2. The summed E-state index contributed by atoms with van der Waals surface area (Å²) in [4.78, 5) is 10.6. The van der Waals surface area contributed by atoms with Crippen molar-refractivity contribution in [3.05, 3.63) is 0 Å². The second kappa shape index (κ2) is 3.44. The van der Waals surface area contributed by atoms with Crippen LogP contribution in [-0.2, 0) is 4.79 Å². The fraction of sp³-hybridized carbons (Fsp3) is 0.889. The van der Waals surface area contributed by atoms with Crippen LogP contribution in [0.25, 0.3) is 0 Å². The Morgan fingerprint density at radius 3 is 2.58 bits per heavy atom. The largest absolute Gasteiger partial charge is 0.481 e. The zero-order chi connectivity index (χ0) is 9.19. The molecule has 0 heterocycles. The van der Waals surface area contributed by atoms with Gasteiger partial charge in [0.05, 0.1) is 5.92 Å². The summed E-state index contributed by atoms with van der Waals surface area (Å²) in [7, 11) is 0. The molecule has 1 aliphatic rings. The SMILES string of the molecule is CC1(CCC(CN)C(=O)O)CC1. The molecule has 12 heavy (non-hydrogen) atoms. The molecule has 0 aromatic heterocycles. The Bertz CT molecular complexity index is 175. The first-order valence-electron chi connectivity index (χ1n) is 4.50. The molecule has 70 valence electrons. The maximum atomic E-state index is 10.6. The lowest BCUT2D eigenvalue weighted by atomic mass is 9.95. The number of hydrogen-bond acceptors (Lipinski definition) is 2. The van der Waals surface area contributed by atoms with E-state index in [1.807, 2.05) is 0 Å². The normalized spacial score (nSPS) is 21.8. The third kappa shape index (κ3) is 2.48. The molecular formula is C9H17NO2. The Morgan fingerprint density at radius 2 is 2.25 bits per heavy atom. The van der Waals surface area contributed by atoms with Crippen molar-refractivity contribution in [1.82, 2.24) is 0 Å². The molecule has 0 spiro atoms. The molecule has 0 amide bonds. The van der Waals surface area contributed by atoms with Gasteiger partial charge < -0.3 is 10.8 Å². The van der Waals surface area contributed by atoms with E-state index in [-0.39, 0.29) is 12.5 Å². The van der Waals surface area contributed by atoms with Crippen LogP contribution in [0.4, 0.5) is 0 Å². The molecule has 1 unspecified atom stereocenters. The van der Waals surface area contributed by atoms with Gasteiger partial charge in [-0.3, -0.25) is 4.79 Å². The topological polar surface area (TPSA) is 63.3 Å². The van der Waals surface area contributed by atoms with Gasteiger partial charge >= 0.3 is 5.97 Å². The molecule has 1 saturated carbocycles. The van der Waals surface area contributed by atoms with Crippen LogP contribution in [0, 0.1) is 11.3 Å². The number of aliphatic carboxylic acids is 1. The minimum atomic E-state index is -0.748. The van der Waals surface area contributed by atoms with Gasteiger partial charge in [0.25, 0.3) is 0 Å². The van der Waals surface area contributed by atoms with Crippen molar-refractivity contribution < 1.29 is 9.90 Å². The molecule has 0 saturated heterocycles. The summed E-state index contributed by atoms with van der Waals surface area (Å²) in [6.07, 6.45) is 4.26. The van der Waals surface area contributed by atoms with E-state index in [0.717, 1.165) is 12.8 Å². The van der Waals surface area contributed by atoms with Gasteiger partial charge in [0.1, 0.15) is 0 Å². The van der Waals surface area contributed by atoms with E-state index >= 15 is 0 Å². The number of carbonyl (C=O) groups is 1. The van der Waals surface area contributed by atoms with Crippen LogP contribution in [0.15, 0.2) is 0 Å². The van der Waals surface area contributed by atoms with Crippen molar-refractivity contribution in [2.24, 2.45) is 17.1 Å². The fourth-order valence-corrected chi connectivity index (χ4v) is 1.33. The summed E-state index contributed by atoms with van der Waals surface area (Å²) < 4.78 is 0. The van der Waals surface area contributed by atoms with Gasteiger partial charge in [-0.1, -0.05) is 6.92 Å². The minimum absolute atomic E-state index is 0.269. The summed E-state index contributed by atoms with van der Waals surface area (Å²) in [5, 5.41) is 8.71. The van der Waals surface area contributed by atoms with Crippen molar-refractivity contribution in [3.63, 3.8) is 0 Å². The average molecular weight is 171 g/mol. The Morgan fingerprint density at radius 1 is 1.67 bits per heavy atom. The zero-order valence-electron chi connectivity index (χ0n) is 7.55. The second-order valence-electron chi connectivity index (χ2n) is 4.12. The minimum Gasteiger partial charge on any atom is -0.481 e. The zero-order valence-corrected chi connectivity index (χ0v) is 7.55. The van der Waals surface area contributed by atoms with E-state index in [1.165, 1.54) is 12.8 Å². The van der Waals surface area contributed by atoms with E-state index in [2.05, 4.69) is 6.92 Å². The molecule has 0 aromatic carbocycles. The van der Waals surface area contributed by atoms with Gasteiger partial charge in [-0.25, -0.2) is 0 Å². The van der Waals surface area contributed by atoms with Gasteiger partial charge in [-0.05, 0) is 31.1 Å². The Hall–Kier alpha value is -0.570. The predicted octanol–water partition coefficient (Wildman–Crippen LogP) is 1.23. The molecule has 1 aliphatic carbocycles. The number of carboxylic acid groups (broad SMARTS) is 1. The number of carboxylic acids is 1. The third-order valence-electron chi connectivity index (χ3n) is 2.83. The first-order chi connectivity index (χ1) is 5.57. The Kier molecular flexibility index (Phi) is 2.73. The van der Waals surface area contributed by atoms with E-state index in [9.17, 15) is 4.79 Å². The molecule has 0 aromatic rings. The van der Waals surface area contributed by atoms with Crippen molar-refractivity contribution >= 4 is 5.97 Å². The molecule has 3 heteroatoms. The van der Waals surface area contributed by atoms with E-state index in [0.29, 0.717) is 5.41 Å². The van der Waals surface area contributed by atoms with Crippen LogP contribution in [0.3, 0.4) is 0 Å². The van der Waals surface area contributed by atoms with Gasteiger partial charge in [-0.15, -0.1) is 0 Å². The van der Waals surface area contributed by atoms with Crippen molar-refractivity contribution in [3.8, 4) is 0 Å². The highest BCUT2D eigenvalue weighted by Crippen LogP contribution is 2.49. The van der Waals surface area contributed by atoms with E-state index in [1.54, 1.807) is 0 Å². The summed E-state index contributed by atoms with van der Waals surface area (Å²) in [5.74, 6) is -1.08. The first-order valence-corrected chi connectivity index (χ1v) is 4.50. The maximum absolute atomic E-state index is 10.6. The Labute approximate surface area is 72.9 Å². The number of rotatable bonds is 5. The van der Waals surface area contributed by atoms with Crippen LogP contribution in [0.1, 0.15) is 32.6 Å². The highest BCUT2D eigenvalue weighted by molar-refractivity contribution is 5.70. The van der Waals surface area contributed by atoms with E-state index < -0.39 is 5.97 Å². The average Bonchev–Trinajstić information content (AvgIpc) is 2.69. The molecule has 1 rings (SSSR count). The molecule has 0 aliphatic heterocycles. The van der Waals surface area contributed by atoms with Crippen LogP contribution in [0.2, 0.25) is 0 Å². The fourth-order valence-electron chi connectivity index (χ4n) is 1.33. The molecule has 0 bridgehead atoms. The quantitative estimate of drug-likeness (QED) is 0.653. The highest BCUT2D eigenvalue weighted by atomic mass is 16.4. The lowest BCUT2D eigenvalue weighted by Crippen LogP contribution is -2.23. The first kappa shape index (κ1) is 9.52. The van der Waals surface area contributed by atoms with E-state index in [4.69, 9.17) is 10.8 Å². The molecule has 3 nitrogen and oxygen atoms in total. The maximum Gasteiger partial charge on any atom is 0.307 e. The van der Waals surface area contributed by atoms with Crippen molar-refractivity contribution in [1.29, 1.82) is 0 Å². The van der Waals surface area contributed by atoms with Crippen LogP contribution >= 0.6 is 0 Å². The smallest absolute Gasteiger partial charge is 0.307 e. The standard InChI is InChI=1S/C9H17NO2/c1-9(4-5-9)3-2-7(6-10)8(11)12/h7H,2-6,10H2,1H3,(H,11,12). The summed E-state index contributed by atoms with van der Waals surface area (Å²) in [5.41, 5.74) is 5.79. The predicted molar refractivity (Wildman–Crippen MR) is 46.8 cm³/mol. The van der Waals surface area contributed by atoms with Gasteiger partial charge in [-0.2, -0.15) is 0 Å². The molecule has 3 N–H and O–H groups in total. The van der Waals surface area contributed by atoms with Crippen molar-refractivity contribution in [2.75, 3.05) is 6.54 Å². The van der Waals surface area contributed by atoms with Gasteiger partial charge in [0, 0.05) is 6.54 Å². The molecule has 0 radical (unpaired) electrons. The monoisotopic (exact) mass is 171 g/mol. The summed E-state index contributed by atoms with van der Waals surface area (Å²) >= 11 is 0.